The molecule has 0 bridgehead atoms. The summed E-state index contributed by atoms with van der Waals surface area (Å²) < 4.78 is 83.0. The van der Waals surface area contributed by atoms with Gasteiger partial charge in [-0.15, -0.1) is 0 Å². The number of hydrogen-bond acceptors (Lipinski definition) is 26. The second-order valence-electron chi connectivity index (χ2n) is 29.3. The fourth-order valence-electron chi connectivity index (χ4n) is 15.0. The summed E-state index contributed by atoms with van der Waals surface area (Å²) in [5, 5.41) is 48.4. The van der Waals surface area contributed by atoms with Crippen LogP contribution in [0.2, 0.25) is 20.1 Å². The number of hydrogen-bond donors (Lipinski definition) is 3. The van der Waals surface area contributed by atoms with E-state index in [2.05, 4.69) is 124 Å². The number of benzene rings is 10. The van der Waals surface area contributed by atoms with E-state index in [-0.39, 0.29) is 47.3 Å². The number of alkyl halides is 3. The fourth-order valence-corrected chi connectivity index (χ4v) is 15.8. The number of phenolic OH excluding ortho intramolecular Hbond substituents is 1. The Balaban J connectivity index is 0.000000269. The van der Waals surface area contributed by atoms with Crippen molar-refractivity contribution < 1.29 is 90.9 Å². The summed E-state index contributed by atoms with van der Waals surface area (Å²) in [4.78, 5) is 35.0. The van der Waals surface area contributed by atoms with Crippen molar-refractivity contribution in [1.29, 1.82) is 0 Å². The van der Waals surface area contributed by atoms with Gasteiger partial charge in [-0.25, -0.2) is 0 Å². The van der Waals surface area contributed by atoms with E-state index in [1.54, 1.807) is 104 Å². The zero-order valence-corrected chi connectivity index (χ0v) is 88.3. The predicted octanol–water partition coefficient (Wildman–Crippen LogP) is 23.4. The molecule has 0 saturated carbocycles. The van der Waals surface area contributed by atoms with Gasteiger partial charge in [-0.2, -0.15) is 0 Å². The molecule has 0 spiro atoms. The minimum atomic E-state index is -0.826. The van der Waals surface area contributed by atoms with E-state index in [9.17, 15) is 30.3 Å². The van der Waals surface area contributed by atoms with E-state index in [1.807, 2.05) is 30.3 Å². The molecule has 0 fully saturated rings. The second-order valence-corrected chi connectivity index (χ2v) is 37.5. The first-order chi connectivity index (χ1) is 64.6. The average molecular weight is 2290 g/mol. The first-order valence-corrected chi connectivity index (χ1v) is 53.9. The number of rotatable bonds is 36. The molecule has 0 aromatic heterocycles. The molecule has 13 rings (SSSR count). The van der Waals surface area contributed by atoms with Gasteiger partial charge in [0.25, 0.3) is 17.1 Å². The van der Waals surface area contributed by atoms with Gasteiger partial charge in [0, 0.05) is 90.2 Å². The number of aryl methyl sites for hydroxylation is 3. The van der Waals surface area contributed by atoms with Gasteiger partial charge in [-0.1, -0.05) is 120 Å². The number of nitrogens with two attached hydrogens (primary N) is 1. The van der Waals surface area contributed by atoms with Gasteiger partial charge in [0.1, 0.15) is 36.2 Å². The third-order valence-corrected chi connectivity index (χ3v) is 25.0. The number of ether oxygens (including phenoxy) is 15. The monoisotopic (exact) mass is 2280 g/mol. The molecule has 0 saturated heterocycles. The van der Waals surface area contributed by atoms with Gasteiger partial charge in [0.2, 0.25) is 0 Å². The summed E-state index contributed by atoms with van der Waals surface area (Å²) >= 11 is 32.5. The average Bonchev–Trinajstić information content (AvgIpc) is 0.788. The summed E-state index contributed by atoms with van der Waals surface area (Å²) in [7, 11) is 29.7. The minimum absolute atomic E-state index is 0. The number of fused-ring (bicyclic) bond motifs is 3. The van der Waals surface area contributed by atoms with Gasteiger partial charge < -0.3 is 87.2 Å². The van der Waals surface area contributed by atoms with Crippen LogP contribution in [-0.4, -0.2) is 202 Å². The zero-order chi connectivity index (χ0) is 97.9. The van der Waals surface area contributed by atoms with Crippen LogP contribution in [0.4, 0.5) is 22.7 Å². The Morgan fingerprint density at radius 2 is 0.696 bits per heavy atom. The Kier molecular flexibility index (Phi) is 51.4. The standard InChI is InChI=1S/C29H33ClN2O7.C29H35ClN2O5.C21H27NO4.C8H7BrClNO3.C6H4ClNO3.C2H4Br2.CH4.2ClH.Sn/c1-35-25-10-6-19(15-27(25)36-2)5-9-24-22-18-29(38-4)28(37-3)16-20(22)11-12-31(24)13-14-39-26-17-21(32(33)34)7-8-23(26)30;1-33-25-10-6-19(15-27(25)34-2)5-9-24-22-18-29(36-4)28(35-3)16-20(22)11-12-32(24)13-14-37-26-17-21(31)7-8-23(26)30;1-23-18-8-6-14(11-19(18)24-2)5-7-17-16-13-21(26-4)20(25-3)12-15(16)9-10-22-17;9-3-4-14-8-5-6(11(12)13)1-2-7(8)10;7-5-2-1-4(8(10)11)3-6(5)9;3-1-2-4;;;;/h6-8,10,15-18,24H,5,9,11-14H2,1-4H3;6-8,10,15-18,24H,5,9,11-14,31H2,1-4H3;6,8,11-13,17,22H,5,7,9-10H2,1-4H3;1-2,5H,3-4H2;1-3,9H;1-2H2;1H4;2*1H;/q;;;;;;;;;+2/p-2. The number of nitrogens with zero attached hydrogens (tertiary/aromatic N) is 5. The first-order valence-electron chi connectivity index (χ1n) is 41.8. The molecular weight excluding hydrogens is 2170 g/mol. The predicted molar refractivity (Wildman–Crippen MR) is 547 cm³/mol. The van der Waals surface area contributed by atoms with Crippen molar-refractivity contribution in [2.24, 2.45) is 0 Å². The van der Waals surface area contributed by atoms with Crippen molar-refractivity contribution in [2.75, 3.05) is 160 Å². The number of halogens is 9. The van der Waals surface area contributed by atoms with Crippen molar-refractivity contribution in [3.63, 3.8) is 0 Å². The molecule has 3 atom stereocenters. The van der Waals surface area contributed by atoms with Crippen LogP contribution in [0.25, 0.3) is 0 Å². The van der Waals surface area contributed by atoms with E-state index >= 15 is 0 Å². The van der Waals surface area contributed by atoms with Crippen molar-refractivity contribution in [3.05, 3.63) is 264 Å². The Morgan fingerprint density at radius 1 is 0.385 bits per heavy atom. The van der Waals surface area contributed by atoms with Gasteiger partial charge in [0.05, 0.1) is 145 Å². The van der Waals surface area contributed by atoms with Crippen LogP contribution in [0.15, 0.2) is 164 Å². The number of methoxy groups -OCH3 is 12. The topological polar surface area (TPSA) is 333 Å². The quantitative estimate of drug-likeness (QED) is 0.0108. The summed E-state index contributed by atoms with van der Waals surface area (Å²) in [5.74, 6) is 9.83. The molecule has 29 nitrogen and oxygen atoms in total. The van der Waals surface area contributed by atoms with Crippen molar-refractivity contribution >= 4 is 154 Å². The van der Waals surface area contributed by atoms with Gasteiger partial charge >= 0.3 is 36.7 Å². The molecule has 135 heavy (non-hydrogen) atoms. The molecule has 732 valence electrons. The number of phenols is 1. The van der Waals surface area contributed by atoms with Crippen LogP contribution in [0.3, 0.4) is 0 Å². The molecule has 0 aliphatic carbocycles. The zero-order valence-electron chi connectivity index (χ0n) is 76.2. The van der Waals surface area contributed by atoms with Crippen LogP contribution in [-0.2, 0) is 38.5 Å². The molecule has 10 aromatic carbocycles. The van der Waals surface area contributed by atoms with Crippen molar-refractivity contribution in [1.82, 2.24) is 15.1 Å². The van der Waals surface area contributed by atoms with E-state index in [0.717, 1.165) is 152 Å². The van der Waals surface area contributed by atoms with E-state index in [0.29, 0.717) is 98.7 Å². The van der Waals surface area contributed by atoms with Crippen LogP contribution in [0, 0.1) is 30.3 Å². The number of aromatic hydroxyl groups is 1. The number of anilines is 1. The Hall–Kier alpha value is -9.14. The van der Waals surface area contributed by atoms with Crippen molar-refractivity contribution in [2.45, 2.75) is 83.3 Å². The van der Waals surface area contributed by atoms with Crippen LogP contribution < -0.4 is 82.1 Å². The summed E-state index contributed by atoms with van der Waals surface area (Å²) in [5.41, 5.74) is 17.4. The molecule has 3 unspecified atom stereocenters. The maximum absolute atomic E-state index is 11.2. The van der Waals surface area contributed by atoms with Gasteiger partial charge in [-0.05, 0) is 218 Å². The van der Waals surface area contributed by atoms with E-state index in [1.165, 1.54) is 93.0 Å². The fraction of sp³-hybridized carbons (Fsp3) is 0.375. The molecule has 10 aromatic rings. The van der Waals surface area contributed by atoms with Crippen molar-refractivity contribution in [3.8, 4) is 92.0 Å². The number of nitrogen functional groups attached to an aromatic ring is 1. The molecule has 3 aliphatic rings. The van der Waals surface area contributed by atoms with E-state index in [4.69, 9.17) is 146 Å². The molecule has 0 amide bonds. The molecule has 3 aliphatic heterocycles. The first kappa shape index (κ1) is 115. The summed E-state index contributed by atoms with van der Waals surface area (Å²) in [6.07, 6.45) is 8.16. The SMILES string of the molecule is BrCCBr.C.COc1ccc(CCC2NCCc3cc(OC)c(OC)cc32)cc1OC.COc1ccc(CCC2c3cc(OC)c(OC)cc3CCN2CCOc2cc(N)ccc2Cl)cc1OC.COc1ccc(CCC2c3cc(OC)c(OC)cc3CCN2CCOc2cc([N+](=O)[O-])ccc2Cl)cc1OC.O=[N+]([O-])c1ccc(Cl)c(O)c1.O=[N+]([O-])c1ccc(Cl)c(OCCBr)c1.[Cl][Sn][Cl]. The Bertz CT molecular complexity index is 5440. The third-order valence-electron chi connectivity index (χ3n) is 21.5. The number of nitro benzene ring substituents is 3. The molecule has 3 heterocycles. The van der Waals surface area contributed by atoms with Crippen LogP contribution >= 0.6 is 112 Å². The molecule has 4 N–H and O–H groups in total. The summed E-state index contributed by atoms with van der Waals surface area (Å²) in [6, 6.07) is 48.4. The summed E-state index contributed by atoms with van der Waals surface area (Å²) in [6.45, 7) is 5.31. The molecule has 2 radical (unpaired) electrons. The number of non-ortho nitro benzene ring substituents is 3. The van der Waals surface area contributed by atoms with E-state index < -0.39 is 33.7 Å². The van der Waals surface area contributed by atoms with Gasteiger partial charge in [-0.3, -0.25) is 40.1 Å². The second kappa shape index (κ2) is 60.6. The Labute approximate surface area is 851 Å². The Morgan fingerprint density at radius 3 is 1.04 bits per heavy atom. The normalized spacial score (nSPS) is 13.7. The van der Waals surface area contributed by atoms with Crippen LogP contribution in [0.1, 0.15) is 94.9 Å². The maximum atomic E-state index is 11.2. The number of nitro groups is 3. The number of nitrogens with one attached hydrogen (secondary N) is 1. The van der Waals surface area contributed by atoms with Crippen LogP contribution in [0.5, 0.6) is 92.0 Å². The molecular formula is C96H114Br3Cl6N7O22Sn. The molecule has 39 heteroatoms. The third kappa shape index (κ3) is 34.5. The van der Waals surface area contributed by atoms with Gasteiger partial charge in [0.15, 0.2) is 69.0 Å².